The summed E-state index contributed by atoms with van der Waals surface area (Å²) >= 11 is 6.00. The number of hydrogen-bond acceptors (Lipinski definition) is 2. The van der Waals surface area contributed by atoms with Crippen molar-refractivity contribution in [2.24, 2.45) is 0 Å². The van der Waals surface area contributed by atoms with E-state index in [9.17, 15) is 4.79 Å². The molecular weight excluding hydrogens is 356 g/mol. The van der Waals surface area contributed by atoms with Crippen LogP contribution in [0.15, 0.2) is 78.9 Å². The second-order valence-electron chi connectivity index (χ2n) is 6.89. The number of halogens is 1. The number of para-hydroxylation sites is 1. The molecule has 0 aliphatic carbocycles. The molecule has 1 heterocycles. The molecule has 1 aliphatic rings. The van der Waals surface area contributed by atoms with Crippen molar-refractivity contribution in [3.8, 4) is 0 Å². The van der Waals surface area contributed by atoms with E-state index in [1.165, 1.54) is 0 Å². The van der Waals surface area contributed by atoms with Gasteiger partial charge in [0.1, 0.15) is 0 Å². The summed E-state index contributed by atoms with van der Waals surface area (Å²) in [7, 11) is 0. The third-order valence-corrected chi connectivity index (χ3v) is 5.27. The van der Waals surface area contributed by atoms with Crippen molar-refractivity contribution in [1.29, 1.82) is 0 Å². The standard InChI is InChI=1S/C23H21ClN2O/c1-16-15-21(25-19-13-11-18(24)12-14-19)20-9-5-6-10-22(20)26(16)23(27)17-7-3-2-4-8-17/h2-14,16,21,25H,15H2,1H3/t16-,21-/m0/s1. The molecule has 136 valence electrons. The fourth-order valence-corrected chi connectivity index (χ4v) is 3.85. The van der Waals surface area contributed by atoms with E-state index in [-0.39, 0.29) is 18.0 Å². The summed E-state index contributed by atoms with van der Waals surface area (Å²) < 4.78 is 0. The Hall–Kier alpha value is -2.78. The summed E-state index contributed by atoms with van der Waals surface area (Å²) in [6, 6.07) is 25.6. The van der Waals surface area contributed by atoms with Gasteiger partial charge in [0, 0.05) is 28.0 Å². The van der Waals surface area contributed by atoms with Crippen LogP contribution in [0.5, 0.6) is 0 Å². The number of anilines is 2. The lowest BCUT2D eigenvalue weighted by molar-refractivity contribution is 0.0974. The molecule has 0 saturated carbocycles. The highest BCUT2D eigenvalue weighted by molar-refractivity contribution is 6.30. The first-order valence-corrected chi connectivity index (χ1v) is 9.51. The maximum absolute atomic E-state index is 13.2. The summed E-state index contributed by atoms with van der Waals surface area (Å²) in [5.41, 5.74) is 3.84. The molecule has 0 bridgehead atoms. The van der Waals surface area contributed by atoms with Crippen LogP contribution in [-0.4, -0.2) is 11.9 Å². The second kappa shape index (κ2) is 7.45. The predicted octanol–water partition coefficient (Wildman–Crippen LogP) is 5.93. The van der Waals surface area contributed by atoms with Gasteiger partial charge in [0.05, 0.1) is 6.04 Å². The molecule has 2 atom stereocenters. The first-order chi connectivity index (χ1) is 13.1. The van der Waals surface area contributed by atoms with Crippen molar-refractivity contribution >= 4 is 28.9 Å². The van der Waals surface area contributed by atoms with Crippen LogP contribution in [0.3, 0.4) is 0 Å². The topological polar surface area (TPSA) is 32.3 Å². The van der Waals surface area contributed by atoms with Gasteiger partial charge < -0.3 is 10.2 Å². The Balaban J connectivity index is 1.68. The summed E-state index contributed by atoms with van der Waals surface area (Å²) in [5.74, 6) is 0.0421. The van der Waals surface area contributed by atoms with Crippen molar-refractivity contribution < 1.29 is 4.79 Å². The molecule has 0 unspecified atom stereocenters. The van der Waals surface area contributed by atoms with Crippen LogP contribution in [0, 0.1) is 0 Å². The van der Waals surface area contributed by atoms with Crippen LogP contribution in [0.4, 0.5) is 11.4 Å². The van der Waals surface area contributed by atoms with Crippen LogP contribution >= 0.6 is 11.6 Å². The Morgan fingerprint density at radius 2 is 1.63 bits per heavy atom. The van der Waals surface area contributed by atoms with E-state index < -0.39 is 0 Å². The van der Waals surface area contributed by atoms with Gasteiger partial charge in [-0.2, -0.15) is 0 Å². The molecular formula is C23H21ClN2O. The van der Waals surface area contributed by atoms with E-state index in [4.69, 9.17) is 11.6 Å². The molecule has 3 aromatic rings. The second-order valence-corrected chi connectivity index (χ2v) is 7.32. The molecule has 4 rings (SSSR count). The quantitative estimate of drug-likeness (QED) is 0.614. The van der Waals surface area contributed by atoms with Gasteiger partial charge in [0.25, 0.3) is 5.91 Å². The lowest BCUT2D eigenvalue weighted by atomic mass is 9.90. The zero-order valence-electron chi connectivity index (χ0n) is 15.1. The van der Waals surface area contributed by atoms with E-state index in [2.05, 4.69) is 18.3 Å². The minimum atomic E-state index is 0.0421. The lowest BCUT2D eigenvalue weighted by Crippen LogP contribution is -2.44. The molecule has 1 aliphatic heterocycles. The highest BCUT2D eigenvalue weighted by Crippen LogP contribution is 2.39. The molecule has 0 saturated heterocycles. The normalized spacial score (nSPS) is 18.7. The van der Waals surface area contributed by atoms with E-state index >= 15 is 0 Å². The van der Waals surface area contributed by atoms with Crippen molar-refractivity contribution in [3.63, 3.8) is 0 Å². The number of rotatable bonds is 3. The maximum atomic E-state index is 13.2. The summed E-state index contributed by atoms with van der Waals surface area (Å²) in [6.07, 6.45) is 0.832. The highest BCUT2D eigenvalue weighted by atomic mass is 35.5. The van der Waals surface area contributed by atoms with Gasteiger partial charge in [0.15, 0.2) is 0 Å². The van der Waals surface area contributed by atoms with Gasteiger partial charge in [-0.15, -0.1) is 0 Å². The minimum Gasteiger partial charge on any atom is -0.378 e. The Bertz CT molecular complexity index is 940. The zero-order chi connectivity index (χ0) is 18.8. The Labute approximate surface area is 164 Å². The van der Waals surface area contributed by atoms with Gasteiger partial charge in [-0.3, -0.25) is 4.79 Å². The number of carbonyl (C=O) groups excluding carboxylic acids is 1. The summed E-state index contributed by atoms with van der Waals surface area (Å²) in [5, 5.41) is 4.32. The van der Waals surface area contributed by atoms with Gasteiger partial charge in [-0.1, -0.05) is 48.0 Å². The smallest absolute Gasteiger partial charge is 0.258 e. The number of nitrogens with one attached hydrogen (secondary N) is 1. The predicted molar refractivity (Wildman–Crippen MR) is 112 cm³/mol. The number of fused-ring (bicyclic) bond motifs is 1. The molecule has 4 heteroatoms. The molecule has 0 spiro atoms. The molecule has 1 N–H and O–H groups in total. The first kappa shape index (κ1) is 17.6. The number of hydrogen-bond donors (Lipinski definition) is 1. The van der Waals surface area contributed by atoms with Crippen LogP contribution in [-0.2, 0) is 0 Å². The molecule has 0 fully saturated rings. The number of nitrogens with zero attached hydrogens (tertiary/aromatic N) is 1. The minimum absolute atomic E-state index is 0.0421. The van der Waals surface area contributed by atoms with E-state index in [1.54, 1.807) is 0 Å². The molecule has 3 nitrogen and oxygen atoms in total. The van der Waals surface area contributed by atoms with Crippen LogP contribution in [0.25, 0.3) is 0 Å². The van der Waals surface area contributed by atoms with Crippen molar-refractivity contribution in [1.82, 2.24) is 0 Å². The van der Waals surface area contributed by atoms with Crippen molar-refractivity contribution in [2.75, 3.05) is 10.2 Å². The van der Waals surface area contributed by atoms with Gasteiger partial charge in [-0.05, 0) is 61.4 Å². The van der Waals surface area contributed by atoms with Gasteiger partial charge in [-0.25, -0.2) is 0 Å². The summed E-state index contributed by atoms with van der Waals surface area (Å²) in [4.78, 5) is 15.1. The fraction of sp³-hybridized carbons (Fsp3) is 0.174. The van der Waals surface area contributed by atoms with Crippen molar-refractivity contribution in [2.45, 2.75) is 25.4 Å². The molecule has 1 amide bonds. The third-order valence-electron chi connectivity index (χ3n) is 5.01. The zero-order valence-corrected chi connectivity index (χ0v) is 15.9. The van der Waals surface area contributed by atoms with E-state index in [1.807, 2.05) is 77.7 Å². The van der Waals surface area contributed by atoms with E-state index in [0.717, 1.165) is 28.4 Å². The SMILES string of the molecule is C[C@H]1C[C@H](Nc2ccc(Cl)cc2)c2ccccc2N1C(=O)c1ccccc1. The van der Waals surface area contributed by atoms with Crippen molar-refractivity contribution in [3.05, 3.63) is 95.0 Å². The average Bonchev–Trinajstić information content (AvgIpc) is 2.70. The van der Waals surface area contributed by atoms with Crippen LogP contribution < -0.4 is 10.2 Å². The Morgan fingerprint density at radius 1 is 0.963 bits per heavy atom. The number of amides is 1. The lowest BCUT2D eigenvalue weighted by Gasteiger charge is -2.40. The molecule has 0 aromatic heterocycles. The Kier molecular flexibility index (Phi) is 4.87. The average molecular weight is 377 g/mol. The maximum Gasteiger partial charge on any atom is 0.258 e. The number of benzene rings is 3. The largest absolute Gasteiger partial charge is 0.378 e. The molecule has 27 heavy (non-hydrogen) atoms. The Morgan fingerprint density at radius 3 is 2.37 bits per heavy atom. The van der Waals surface area contributed by atoms with Crippen LogP contribution in [0.2, 0.25) is 5.02 Å². The van der Waals surface area contributed by atoms with Gasteiger partial charge >= 0.3 is 0 Å². The third kappa shape index (κ3) is 3.56. The molecule has 3 aromatic carbocycles. The van der Waals surface area contributed by atoms with E-state index in [0.29, 0.717) is 5.56 Å². The monoisotopic (exact) mass is 376 g/mol. The van der Waals surface area contributed by atoms with Crippen LogP contribution in [0.1, 0.15) is 35.3 Å². The first-order valence-electron chi connectivity index (χ1n) is 9.13. The fourth-order valence-electron chi connectivity index (χ4n) is 3.73. The number of carbonyl (C=O) groups is 1. The molecule has 0 radical (unpaired) electrons. The highest BCUT2D eigenvalue weighted by Gasteiger charge is 2.33. The van der Waals surface area contributed by atoms with Gasteiger partial charge in [0.2, 0.25) is 0 Å². The summed E-state index contributed by atoms with van der Waals surface area (Å²) in [6.45, 7) is 2.10.